The smallest absolute Gasteiger partial charge is 0.104 e. The maximum absolute atomic E-state index is 5.94. The third kappa shape index (κ3) is 16.1. The summed E-state index contributed by atoms with van der Waals surface area (Å²) in [5.74, 6) is 0.594. The Morgan fingerprint density at radius 1 is 0.463 bits per heavy atom. The van der Waals surface area contributed by atoms with Gasteiger partial charge in [-0.1, -0.05) is 55.0 Å². The third-order valence-electron chi connectivity index (χ3n) is 8.43. The lowest BCUT2D eigenvalue weighted by Gasteiger charge is -2.31. The van der Waals surface area contributed by atoms with Crippen molar-refractivity contribution in [3.05, 3.63) is 70.8 Å². The number of hydrogen-bond acceptors (Lipinski definition) is 1. The standard InChI is InChI=1S/C36H64ClN4/c1-38(2)25-13-9-10-14-26-39(3,4)31-35-21-23-36(24-22-35)32-41(7,8)28-16-12-11-15-27-40(5,6)30-34-19-17-33(29-37)18-20-34/h17-24H,9-16,25-32H2,1-8H3/q+3. The molecule has 41 heavy (non-hydrogen) atoms. The Bertz CT molecular complexity index is 964. The van der Waals surface area contributed by atoms with E-state index in [1.165, 1.54) is 99.8 Å². The van der Waals surface area contributed by atoms with Crippen LogP contribution in [0.25, 0.3) is 0 Å². The second-order valence-corrected chi connectivity index (χ2v) is 15.1. The number of hydrogen-bond donors (Lipinski definition) is 0. The van der Waals surface area contributed by atoms with Crippen LogP contribution in [0, 0.1) is 0 Å². The predicted molar refractivity (Wildman–Crippen MR) is 180 cm³/mol. The lowest BCUT2D eigenvalue weighted by atomic mass is 10.1. The Balaban J connectivity index is 1.64. The first kappa shape index (κ1) is 35.8. The summed E-state index contributed by atoms with van der Waals surface area (Å²) in [7, 11) is 18.6. The number of quaternary nitrogens is 3. The van der Waals surface area contributed by atoms with Gasteiger partial charge in [-0.05, 0) is 71.1 Å². The summed E-state index contributed by atoms with van der Waals surface area (Å²) in [6, 6.07) is 18.3. The maximum Gasteiger partial charge on any atom is 0.104 e. The molecule has 2 aromatic carbocycles. The minimum atomic E-state index is 0.594. The molecule has 0 unspecified atom stereocenters. The molecule has 0 heterocycles. The third-order valence-corrected chi connectivity index (χ3v) is 8.74. The summed E-state index contributed by atoms with van der Waals surface area (Å²) >= 11 is 5.94. The van der Waals surface area contributed by atoms with Crippen LogP contribution < -0.4 is 0 Å². The van der Waals surface area contributed by atoms with Crippen molar-refractivity contribution in [2.75, 3.05) is 82.6 Å². The van der Waals surface area contributed by atoms with Crippen molar-refractivity contribution in [1.29, 1.82) is 0 Å². The van der Waals surface area contributed by atoms with Crippen LogP contribution in [0.4, 0.5) is 0 Å². The van der Waals surface area contributed by atoms with Crippen molar-refractivity contribution < 1.29 is 13.4 Å². The van der Waals surface area contributed by atoms with E-state index in [4.69, 9.17) is 11.6 Å². The summed E-state index contributed by atoms with van der Waals surface area (Å²) in [4.78, 5) is 2.29. The van der Waals surface area contributed by atoms with E-state index in [-0.39, 0.29) is 0 Å². The number of alkyl halides is 1. The fraction of sp³-hybridized carbons (Fsp3) is 0.667. The monoisotopic (exact) mass is 587 g/mol. The fourth-order valence-corrected chi connectivity index (χ4v) is 6.14. The number of unbranched alkanes of at least 4 members (excludes halogenated alkanes) is 6. The SMILES string of the molecule is CN(C)CCCCCC[N+](C)(C)Cc1ccc(C[N+](C)(C)CCCCCC[N+](C)(C)Cc2ccc(CCl)cc2)cc1. The molecule has 0 amide bonds. The number of rotatable bonds is 21. The summed E-state index contributed by atoms with van der Waals surface area (Å²) in [6.07, 6.45) is 10.6. The molecule has 0 atom stereocenters. The molecule has 0 saturated heterocycles. The Morgan fingerprint density at radius 2 is 0.756 bits per heavy atom. The highest BCUT2D eigenvalue weighted by molar-refractivity contribution is 6.17. The molecule has 0 bridgehead atoms. The lowest BCUT2D eigenvalue weighted by molar-refractivity contribution is -0.904. The van der Waals surface area contributed by atoms with Crippen LogP contribution in [-0.2, 0) is 25.5 Å². The quantitative estimate of drug-likeness (QED) is 0.0828. The van der Waals surface area contributed by atoms with Gasteiger partial charge in [0, 0.05) is 22.6 Å². The summed E-state index contributed by atoms with van der Waals surface area (Å²) in [6.45, 7) is 8.25. The zero-order chi connectivity index (χ0) is 30.4. The second kappa shape index (κ2) is 17.6. The van der Waals surface area contributed by atoms with Gasteiger partial charge in [0.05, 0.1) is 61.9 Å². The molecule has 0 aromatic heterocycles. The normalized spacial score (nSPS) is 12.8. The van der Waals surface area contributed by atoms with Crippen molar-refractivity contribution in [1.82, 2.24) is 4.90 Å². The van der Waals surface area contributed by atoms with Crippen LogP contribution in [0.2, 0.25) is 0 Å². The van der Waals surface area contributed by atoms with Gasteiger partial charge in [-0.3, -0.25) is 0 Å². The van der Waals surface area contributed by atoms with Crippen molar-refractivity contribution >= 4 is 11.6 Å². The Kier molecular flexibility index (Phi) is 15.4. The van der Waals surface area contributed by atoms with Gasteiger partial charge in [0.2, 0.25) is 0 Å². The van der Waals surface area contributed by atoms with E-state index >= 15 is 0 Å². The molecule has 0 fully saturated rings. The van der Waals surface area contributed by atoms with E-state index < -0.39 is 0 Å². The Hall–Kier alpha value is -1.43. The summed E-state index contributed by atoms with van der Waals surface area (Å²) in [5, 5.41) is 0. The molecule has 2 aromatic rings. The van der Waals surface area contributed by atoms with Crippen molar-refractivity contribution in [3.63, 3.8) is 0 Å². The van der Waals surface area contributed by atoms with Crippen LogP contribution >= 0.6 is 11.6 Å². The van der Waals surface area contributed by atoms with Gasteiger partial charge in [-0.2, -0.15) is 0 Å². The average Bonchev–Trinajstić information content (AvgIpc) is 2.89. The number of halogens is 1. The summed E-state index contributed by atoms with van der Waals surface area (Å²) < 4.78 is 3.19. The van der Waals surface area contributed by atoms with E-state index in [1.54, 1.807) is 0 Å². The van der Waals surface area contributed by atoms with Gasteiger partial charge in [0.25, 0.3) is 0 Å². The summed E-state index contributed by atoms with van der Waals surface area (Å²) in [5.41, 5.74) is 5.53. The zero-order valence-electron chi connectivity index (χ0n) is 28.1. The largest absolute Gasteiger partial charge is 0.325 e. The molecule has 5 heteroatoms. The van der Waals surface area contributed by atoms with Gasteiger partial charge >= 0.3 is 0 Å². The first-order valence-corrected chi connectivity index (χ1v) is 16.7. The van der Waals surface area contributed by atoms with Crippen molar-refractivity contribution in [3.8, 4) is 0 Å². The van der Waals surface area contributed by atoms with E-state index in [0.29, 0.717) is 5.88 Å². The van der Waals surface area contributed by atoms with Crippen LogP contribution in [0.3, 0.4) is 0 Å². The molecule has 0 spiro atoms. The Morgan fingerprint density at radius 3 is 1.05 bits per heavy atom. The average molecular weight is 588 g/mol. The molecular formula is C36H64ClN4+3. The van der Waals surface area contributed by atoms with Crippen molar-refractivity contribution in [2.24, 2.45) is 0 Å². The minimum Gasteiger partial charge on any atom is -0.325 e. The maximum atomic E-state index is 5.94. The van der Waals surface area contributed by atoms with Crippen LogP contribution in [-0.4, -0.2) is 101 Å². The number of benzene rings is 2. The van der Waals surface area contributed by atoms with E-state index in [1.807, 2.05) is 0 Å². The van der Waals surface area contributed by atoms with Crippen LogP contribution in [0.5, 0.6) is 0 Å². The van der Waals surface area contributed by atoms with Gasteiger partial charge < -0.3 is 18.3 Å². The molecule has 232 valence electrons. The zero-order valence-corrected chi connectivity index (χ0v) is 28.9. The van der Waals surface area contributed by atoms with Crippen LogP contribution in [0.15, 0.2) is 48.5 Å². The molecule has 0 aliphatic carbocycles. The molecule has 0 saturated carbocycles. The molecule has 4 nitrogen and oxygen atoms in total. The highest BCUT2D eigenvalue weighted by Crippen LogP contribution is 2.18. The lowest BCUT2D eigenvalue weighted by Crippen LogP contribution is -2.40. The molecule has 0 aliphatic heterocycles. The van der Waals surface area contributed by atoms with E-state index in [0.717, 1.165) is 33.1 Å². The first-order valence-electron chi connectivity index (χ1n) is 16.1. The molecule has 0 radical (unpaired) electrons. The fourth-order valence-electron chi connectivity index (χ4n) is 5.96. The van der Waals surface area contributed by atoms with Crippen molar-refractivity contribution in [2.45, 2.75) is 76.9 Å². The van der Waals surface area contributed by atoms with Gasteiger partial charge in [0.15, 0.2) is 0 Å². The minimum absolute atomic E-state index is 0.594. The second-order valence-electron chi connectivity index (χ2n) is 14.9. The van der Waals surface area contributed by atoms with Gasteiger partial charge in [0.1, 0.15) is 19.6 Å². The topological polar surface area (TPSA) is 3.24 Å². The van der Waals surface area contributed by atoms with Gasteiger partial charge in [-0.25, -0.2) is 0 Å². The molecule has 0 N–H and O–H groups in total. The number of nitrogens with zero attached hydrogens (tertiary/aromatic N) is 4. The van der Waals surface area contributed by atoms with E-state index in [9.17, 15) is 0 Å². The van der Waals surface area contributed by atoms with E-state index in [2.05, 4.69) is 110 Å². The highest BCUT2D eigenvalue weighted by atomic mass is 35.5. The first-order chi connectivity index (χ1) is 19.3. The predicted octanol–water partition coefficient (Wildman–Crippen LogP) is 7.54. The molecule has 2 rings (SSSR count). The van der Waals surface area contributed by atoms with Gasteiger partial charge in [-0.15, -0.1) is 11.6 Å². The Labute approximate surface area is 259 Å². The molecular weight excluding hydrogens is 524 g/mol. The highest BCUT2D eigenvalue weighted by Gasteiger charge is 2.19. The molecule has 0 aliphatic rings. The van der Waals surface area contributed by atoms with Crippen LogP contribution in [0.1, 0.15) is 73.6 Å².